The Morgan fingerprint density at radius 3 is 2.27 bits per heavy atom. The summed E-state index contributed by atoms with van der Waals surface area (Å²) in [5.74, 6) is -1.21. The first kappa shape index (κ1) is 21.9. The van der Waals surface area contributed by atoms with E-state index in [-0.39, 0.29) is 23.9 Å². The fourth-order valence-corrected chi connectivity index (χ4v) is 3.83. The Bertz CT molecular complexity index is 1080. The molecule has 0 saturated carbocycles. The van der Waals surface area contributed by atoms with Crippen molar-refractivity contribution in [2.75, 3.05) is 11.4 Å². The van der Waals surface area contributed by atoms with Crippen molar-refractivity contribution < 1.29 is 14.7 Å². The largest absolute Gasteiger partial charge is 0.481 e. The summed E-state index contributed by atoms with van der Waals surface area (Å²) in [6.07, 6.45) is 0.277. The third-order valence-corrected chi connectivity index (χ3v) is 5.36. The zero-order valence-corrected chi connectivity index (χ0v) is 18.0. The maximum atomic E-state index is 13.5. The zero-order valence-electron chi connectivity index (χ0n) is 16.4. The van der Waals surface area contributed by atoms with E-state index < -0.39 is 5.97 Å². The number of anilines is 1. The molecule has 3 aromatic rings. The number of aryl methyl sites for hydroxylation is 1. The molecular weight excluding hydrogens is 421 g/mol. The average Bonchev–Trinajstić information content (AvgIpc) is 2.71. The number of aliphatic carboxylic acids is 1. The van der Waals surface area contributed by atoms with E-state index in [1.54, 1.807) is 17.0 Å². The normalized spacial score (nSPS) is 10.6. The number of hydrogen-bond acceptors (Lipinski definition) is 2. The number of benzene rings is 3. The van der Waals surface area contributed by atoms with Crippen LogP contribution in [0.5, 0.6) is 0 Å². The van der Waals surface area contributed by atoms with Crippen molar-refractivity contribution >= 4 is 40.8 Å². The summed E-state index contributed by atoms with van der Waals surface area (Å²) in [7, 11) is 0. The molecule has 0 aliphatic heterocycles. The molecule has 6 heteroatoms. The van der Waals surface area contributed by atoms with E-state index in [0.717, 1.165) is 16.7 Å². The first-order chi connectivity index (χ1) is 14.4. The van der Waals surface area contributed by atoms with Gasteiger partial charge in [0.15, 0.2) is 0 Å². The molecule has 0 unspecified atom stereocenters. The summed E-state index contributed by atoms with van der Waals surface area (Å²) in [6.45, 7) is 2.26. The Morgan fingerprint density at radius 2 is 1.60 bits per heavy atom. The van der Waals surface area contributed by atoms with Gasteiger partial charge in [-0.2, -0.15) is 0 Å². The van der Waals surface area contributed by atoms with Gasteiger partial charge >= 0.3 is 5.97 Å². The number of carbonyl (C=O) groups is 2. The SMILES string of the molecule is Cc1ccccc1-c1ccccc1N(CCCC(=O)O)C(=O)c1ccc(Cl)cc1Cl. The van der Waals surface area contributed by atoms with Gasteiger partial charge in [-0.05, 0) is 48.7 Å². The molecule has 0 fully saturated rings. The van der Waals surface area contributed by atoms with Gasteiger partial charge in [0.25, 0.3) is 5.91 Å². The van der Waals surface area contributed by atoms with Crippen LogP contribution in [-0.2, 0) is 4.79 Å². The van der Waals surface area contributed by atoms with E-state index in [1.807, 2.05) is 55.5 Å². The number of carboxylic acids is 1. The van der Waals surface area contributed by atoms with Crippen molar-refractivity contribution in [2.24, 2.45) is 0 Å². The smallest absolute Gasteiger partial charge is 0.303 e. The van der Waals surface area contributed by atoms with Crippen LogP contribution in [0.4, 0.5) is 5.69 Å². The van der Waals surface area contributed by atoms with Gasteiger partial charge in [0, 0.05) is 23.6 Å². The molecule has 4 nitrogen and oxygen atoms in total. The van der Waals surface area contributed by atoms with E-state index in [1.165, 1.54) is 6.07 Å². The Hall–Kier alpha value is -2.82. The maximum Gasteiger partial charge on any atom is 0.303 e. The Labute approximate surface area is 185 Å². The molecule has 3 aromatic carbocycles. The van der Waals surface area contributed by atoms with Crippen LogP contribution >= 0.6 is 23.2 Å². The molecule has 1 N–H and O–H groups in total. The van der Waals surface area contributed by atoms with E-state index in [9.17, 15) is 9.59 Å². The van der Waals surface area contributed by atoms with Crippen molar-refractivity contribution in [1.29, 1.82) is 0 Å². The van der Waals surface area contributed by atoms with Crippen LogP contribution in [0.25, 0.3) is 11.1 Å². The molecule has 0 bridgehead atoms. The van der Waals surface area contributed by atoms with E-state index in [0.29, 0.717) is 22.7 Å². The summed E-state index contributed by atoms with van der Waals surface area (Å²) in [5.41, 5.74) is 3.99. The third-order valence-electron chi connectivity index (χ3n) is 4.81. The van der Waals surface area contributed by atoms with Crippen LogP contribution in [0.2, 0.25) is 10.0 Å². The van der Waals surface area contributed by atoms with Crippen molar-refractivity contribution in [1.82, 2.24) is 0 Å². The molecule has 0 atom stereocenters. The minimum atomic E-state index is -0.904. The van der Waals surface area contributed by atoms with Crippen molar-refractivity contribution in [2.45, 2.75) is 19.8 Å². The number of halogens is 2. The second-order valence-electron chi connectivity index (χ2n) is 6.91. The molecule has 0 aliphatic rings. The number of rotatable bonds is 7. The highest BCUT2D eigenvalue weighted by molar-refractivity contribution is 6.37. The van der Waals surface area contributed by atoms with Crippen LogP contribution < -0.4 is 4.90 Å². The van der Waals surface area contributed by atoms with Crippen LogP contribution in [0.15, 0.2) is 66.7 Å². The first-order valence-corrected chi connectivity index (χ1v) is 10.3. The van der Waals surface area contributed by atoms with Gasteiger partial charge in [0.05, 0.1) is 16.3 Å². The lowest BCUT2D eigenvalue weighted by Crippen LogP contribution is -2.33. The fourth-order valence-electron chi connectivity index (χ4n) is 3.34. The highest BCUT2D eigenvalue weighted by Crippen LogP contribution is 2.34. The van der Waals surface area contributed by atoms with Crippen molar-refractivity contribution in [3.8, 4) is 11.1 Å². The lowest BCUT2D eigenvalue weighted by Gasteiger charge is -2.26. The minimum absolute atomic E-state index is 0.0370. The number of hydrogen-bond donors (Lipinski definition) is 1. The molecule has 0 saturated heterocycles. The van der Waals surface area contributed by atoms with Gasteiger partial charge in [-0.15, -0.1) is 0 Å². The quantitative estimate of drug-likeness (QED) is 0.456. The van der Waals surface area contributed by atoms with Crippen LogP contribution in [0, 0.1) is 6.92 Å². The topological polar surface area (TPSA) is 57.6 Å². The zero-order chi connectivity index (χ0) is 21.7. The molecule has 0 heterocycles. The summed E-state index contributed by atoms with van der Waals surface area (Å²) in [6, 6.07) is 20.3. The van der Waals surface area contributed by atoms with E-state index in [2.05, 4.69) is 0 Å². The standard InChI is InChI=1S/C24H21Cl2NO3/c1-16-7-2-3-8-18(16)19-9-4-5-10-22(19)27(14-6-11-23(28)29)24(30)20-13-12-17(25)15-21(20)26/h2-5,7-10,12-13,15H,6,11,14H2,1H3,(H,28,29). The van der Waals surface area contributed by atoms with Gasteiger partial charge < -0.3 is 10.0 Å². The Balaban J connectivity index is 2.08. The monoisotopic (exact) mass is 441 g/mol. The Kier molecular flexibility index (Phi) is 7.14. The molecular formula is C24H21Cl2NO3. The molecule has 3 rings (SSSR count). The number of para-hydroxylation sites is 1. The predicted molar refractivity (Wildman–Crippen MR) is 122 cm³/mol. The fraction of sp³-hybridized carbons (Fsp3) is 0.167. The third kappa shape index (κ3) is 5.02. The van der Waals surface area contributed by atoms with Gasteiger partial charge in [-0.1, -0.05) is 65.7 Å². The number of carboxylic acid groups (broad SMARTS) is 1. The van der Waals surface area contributed by atoms with Gasteiger partial charge in [0.1, 0.15) is 0 Å². The molecule has 154 valence electrons. The number of nitrogens with zero attached hydrogens (tertiary/aromatic N) is 1. The predicted octanol–water partition coefficient (Wildman–Crippen LogP) is 6.48. The average molecular weight is 442 g/mol. The summed E-state index contributed by atoms with van der Waals surface area (Å²) >= 11 is 12.3. The molecule has 0 spiro atoms. The second-order valence-corrected chi connectivity index (χ2v) is 7.75. The van der Waals surface area contributed by atoms with Gasteiger partial charge in [-0.3, -0.25) is 9.59 Å². The minimum Gasteiger partial charge on any atom is -0.481 e. The van der Waals surface area contributed by atoms with Gasteiger partial charge in [0.2, 0.25) is 0 Å². The van der Waals surface area contributed by atoms with Crippen LogP contribution in [-0.4, -0.2) is 23.5 Å². The summed E-state index contributed by atoms with van der Waals surface area (Å²) in [5, 5.41) is 9.75. The van der Waals surface area contributed by atoms with Crippen molar-refractivity contribution in [3.63, 3.8) is 0 Å². The highest BCUT2D eigenvalue weighted by Gasteiger charge is 2.23. The number of amides is 1. The molecule has 30 heavy (non-hydrogen) atoms. The number of carbonyl (C=O) groups excluding carboxylic acids is 1. The van der Waals surface area contributed by atoms with Crippen molar-refractivity contribution in [3.05, 3.63) is 87.9 Å². The lowest BCUT2D eigenvalue weighted by molar-refractivity contribution is -0.137. The van der Waals surface area contributed by atoms with Gasteiger partial charge in [-0.25, -0.2) is 0 Å². The highest BCUT2D eigenvalue weighted by atomic mass is 35.5. The molecule has 0 aromatic heterocycles. The maximum absolute atomic E-state index is 13.5. The van der Waals surface area contributed by atoms with E-state index in [4.69, 9.17) is 28.3 Å². The first-order valence-electron chi connectivity index (χ1n) is 9.52. The second kappa shape index (κ2) is 9.79. The lowest BCUT2D eigenvalue weighted by atomic mass is 9.98. The molecule has 0 aliphatic carbocycles. The van der Waals surface area contributed by atoms with E-state index >= 15 is 0 Å². The van der Waals surface area contributed by atoms with Crippen LogP contribution in [0.1, 0.15) is 28.8 Å². The summed E-state index contributed by atoms with van der Waals surface area (Å²) < 4.78 is 0. The molecule has 0 radical (unpaired) electrons. The Morgan fingerprint density at radius 1 is 0.933 bits per heavy atom. The molecule has 1 amide bonds. The van der Waals surface area contributed by atoms with Crippen LogP contribution in [0.3, 0.4) is 0 Å². The summed E-state index contributed by atoms with van der Waals surface area (Å²) in [4.78, 5) is 26.1.